The fourth-order valence-electron chi connectivity index (χ4n) is 2.59. The highest BCUT2D eigenvalue weighted by molar-refractivity contribution is 6.04. The van der Waals surface area contributed by atoms with E-state index in [1.54, 1.807) is 19.4 Å². The number of hydrogen-bond acceptors (Lipinski definition) is 3. The fourth-order valence-corrected chi connectivity index (χ4v) is 2.59. The molecule has 0 unspecified atom stereocenters. The number of hydrogen-bond donors (Lipinski definition) is 1. The molecule has 0 saturated heterocycles. The van der Waals surface area contributed by atoms with Crippen LogP contribution >= 0.6 is 0 Å². The maximum atomic E-state index is 13.1. The highest BCUT2D eigenvalue weighted by atomic mass is 19.4. The van der Waals surface area contributed by atoms with Crippen LogP contribution in [0.4, 0.5) is 18.9 Å². The van der Waals surface area contributed by atoms with Gasteiger partial charge in [-0.1, -0.05) is 12.1 Å². The Labute approximate surface area is 147 Å². The standard InChI is InChI=1S/C18H15F3N4O/c1-11-7-8-22-10-12(11)16-9-15(24-25(16)2)17(26)23-14-6-4-3-5-13(14)18(19,20)21/h3-10H,1-2H3,(H,23,26). The lowest BCUT2D eigenvalue weighted by Crippen LogP contribution is -2.17. The number of anilines is 1. The van der Waals surface area contributed by atoms with E-state index in [9.17, 15) is 18.0 Å². The molecular formula is C18H15F3N4O. The van der Waals surface area contributed by atoms with Crippen LogP contribution in [0.2, 0.25) is 0 Å². The van der Waals surface area contributed by atoms with Gasteiger partial charge in [-0.25, -0.2) is 0 Å². The maximum Gasteiger partial charge on any atom is 0.418 e. The second-order valence-electron chi connectivity index (χ2n) is 5.73. The molecule has 3 aromatic rings. The summed E-state index contributed by atoms with van der Waals surface area (Å²) in [5.74, 6) is -0.718. The van der Waals surface area contributed by atoms with Crippen molar-refractivity contribution in [3.05, 3.63) is 65.6 Å². The number of aryl methyl sites for hydroxylation is 2. The predicted molar refractivity (Wildman–Crippen MR) is 90.6 cm³/mol. The van der Waals surface area contributed by atoms with Crippen LogP contribution < -0.4 is 5.32 Å². The van der Waals surface area contributed by atoms with E-state index in [2.05, 4.69) is 15.4 Å². The molecular weight excluding hydrogens is 345 g/mol. The molecule has 0 fully saturated rings. The van der Waals surface area contributed by atoms with Gasteiger partial charge in [-0.2, -0.15) is 18.3 Å². The Morgan fingerprint density at radius 3 is 2.62 bits per heavy atom. The fraction of sp³-hybridized carbons (Fsp3) is 0.167. The van der Waals surface area contributed by atoms with Crippen LogP contribution in [-0.2, 0) is 13.2 Å². The normalized spacial score (nSPS) is 11.4. The van der Waals surface area contributed by atoms with Gasteiger partial charge in [-0.3, -0.25) is 14.5 Å². The summed E-state index contributed by atoms with van der Waals surface area (Å²) in [4.78, 5) is 16.5. The van der Waals surface area contributed by atoms with Crippen molar-refractivity contribution in [3.63, 3.8) is 0 Å². The Kier molecular flexibility index (Phi) is 4.50. The molecule has 134 valence electrons. The zero-order valence-corrected chi connectivity index (χ0v) is 14.0. The molecule has 0 radical (unpaired) electrons. The summed E-state index contributed by atoms with van der Waals surface area (Å²) in [5, 5.41) is 6.40. The molecule has 1 aromatic carbocycles. The van der Waals surface area contributed by atoms with Gasteiger partial charge in [-0.15, -0.1) is 0 Å². The number of pyridine rings is 1. The number of alkyl halides is 3. The first-order chi connectivity index (χ1) is 12.3. The van der Waals surface area contributed by atoms with Gasteiger partial charge in [0.15, 0.2) is 5.69 Å². The van der Waals surface area contributed by atoms with E-state index in [1.165, 1.54) is 28.9 Å². The van der Waals surface area contributed by atoms with Crippen LogP contribution in [0, 0.1) is 6.92 Å². The quantitative estimate of drug-likeness (QED) is 0.766. The van der Waals surface area contributed by atoms with Crippen LogP contribution in [0.15, 0.2) is 48.8 Å². The number of aromatic nitrogens is 3. The van der Waals surface area contributed by atoms with Gasteiger partial charge in [0.05, 0.1) is 16.9 Å². The minimum Gasteiger partial charge on any atom is -0.320 e. The zero-order chi connectivity index (χ0) is 18.9. The summed E-state index contributed by atoms with van der Waals surface area (Å²) in [6.45, 7) is 1.89. The van der Waals surface area contributed by atoms with Crippen LogP contribution in [0.3, 0.4) is 0 Å². The summed E-state index contributed by atoms with van der Waals surface area (Å²) in [6.07, 6.45) is -1.27. The van der Waals surface area contributed by atoms with E-state index in [-0.39, 0.29) is 11.4 Å². The number of halogens is 3. The van der Waals surface area contributed by atoms with Gasteiger partial charge in [0.1, 0.15) is 0 Å². The lowest BCUT2D eigenvalue weighted by atomic mass is 10.1. The van der Waals surface area contributed by atoms with E-state index < -0.39 is 17.6 Å². The largest absolute Gasteiger partial charge is 0.418 e. The van der Waals surface area contributed by atoms with Crippen molar-refractivity contribution in [2.24, 2.45) is 7.05 Å². The number of benzene rings is 1. The lowest BCUT2D eigenvalue weighted by Gasteiger charge is -2.12. The van der Waals surface area contributed by atoms with Crippen molar-refractivity contribution in [3.8, 4) is 11.3 Å². The van der Waals surface area contributed by atoms with Crippen LogP contribution in [-0.4, -0.2) is 20.7 Å². The predicted octanol–water partition coefficient (Wildman–Crippen LogP) is 4.06. The third kappa shape index (κ3) is 3.44. The molecule has 1 N–H and O–H groups in total. The number of carbonyl (C=O) groups excluding carboxylic acids is 1. The maximum absolute atomic E-state index is 13.1. The van der Waals surface area contributed by atoms with Gasteiger partial charge in [0, 0.05) is 25.0 Å². The molecule has 8 heteroatoms. The van der Waals surface area contributed by atoms with Crippen molar-refractivity contribution < 1.29 is 18.0 Å². The topological polar surface area (TPSA) is 59.8 Å². The Bertz CT molecular complexity index is 963. The minimum absolute atomic E-state index is 0.0164. The summed E-state index contributed by atoms with van der Waals surface area (Å²) < 4.78 is 40.7. The van der Waals surface area contributed by atoms with Crippen molar-refractivity contribution in [2.45, 2.75) is 13.1 Å². The first-order valence-electron chi connectivity index (χ1n) is 7.70. The zero-order valence-electron chi connectivity index (χ0n) is 14.0. The average molecular weight is 360 g/mol. The molecule has 2 heterocycles. The van der Waals surface area contributed by atoms with Crippen molar-refractivity contribution in [2.75, 3.05) is 5.32 Å². The first kappa shape index (κ1) is 17.7. The number of rotatable bonds is 3. The van der Waals surface area contributed by atoms with Crippen molar-refractivity contribution >= 4 is 11.6 Å². The summed E-state index contributed by atoms with van der Waals surface area (Å²) in [6, 6.07) is 8.15. The highest BCUT2D eigenvalue weighted by Gasteiger charge is 2.33. The number of nitrogens with zero attached hydrogens (tertiary/aromatic N) is 3. The van der Waals surface area contributed by atoms with Gasteiger partial charge in [0.2, 0.25) is 0 Å². The summed E-state index contributed by atoms with van der Waals surface area (Å²) >= 11 is 0. The summed E-state index contributed by atoms with van der Waals surface area (Å²) in [5.41, 5.74) is 1.17. The molecule has 0 aliphatic heterocycles. The molecule has 0 aliphatic rings. The number of nitrogens with one attached hydrogen (secondary N) is 1. The van der Waals surface area contributed by atoms with Crippen molar-refractivity contribution in [1.82, 2.24) is 14.8 Å². The summed E-state index contributed by atoms with van der Waals surface area (Å²) in [7, 11) is 1.65. The molecule has 26 heavy (non-hydrogen) atoms. The lowest BCUT2D eigenvalue weighted by molar-refractivity contribution is -0.136. The Hall–Kier alpha value is -3.16. The molecule has 3 rings (SSSR count). The molecule has 0 bridgehead atoms. The van der Waals surface area contributed by atoms with Crippen molar-refractivity contribution in [1.29, 1.82) is 0 Å². The van der Waals surface area contributed by atoms with Gasteiger partial charge < -0.3 is 5.32 Å². The third-order valence-electron chi connectivity index (χ3n) is 3.91. The Morgan fingerprint density at radius 1 is 1.19 bits per heavy atom. The van der Waals surface area contributed by atoms with Crippen LogP contribution in [0.5, 0.6) is 0 Å². The number of para-hydroxylation sites is 1. The van der Waals surface area contributed by atoms with E-state index in [0.29, 0.717) is 5.69 Å². The van der Waals surface area contributed by atoms with Crippen LogP contribution in [0.25, 0.3) is 11.3 Å². The van der Waals surface area contributed by atoms with Crippen LogP contribution in [0.1, 0.15) is 21.6 Å². The minimum atomic E-state index is -4.56. The second-order valence-corrected chi connectivity index (χ2v) is 5.73. The molecule has 0 saturated carbocycles. The third-order valence-corrected chi connectivity index (χ3v) is 3.91. The molecule has 5 nitrogen and oxygen atoms in total. The molecule has 0 spiro atoms. The van der Waals surface area contributed by atoms with Gasteiger partial charge >= 0.3 is 6.18 Å². The second kappa shape index (κ2) is 6.62. The highest BCUT2D eigenvalue weighted by Crippen LogP contribution is 2.34. The first-order valence-corrected chi connectivity index (χ1v) is 7.70. The number of amides is 1. The average Bonchev–Trinajstić information content (AvgIpc) is 2.97. The Balaban J connectivity index is 1.92. The molecule has 0 atom stereocenters. The smallest absolute Gasteiger partial charge is 0.320 e. The van der Waals surface area contributed by atoms with Gasteiger partial charge in [-0.05, 0) is 36.8 Å². The van der Waals surface area contributed by atoms with E-state index >= 15 is 0 Å². The van der Waals surface area contributed by atoms with E-state index in [0.717, 1.165) is 17.2 Å². The number of carbonyl (C=O) groups is 1. The monoisotopic (exact) mass is 360 g/mol. The van der Waals surface area contributed by atoms with E-state index in [4.69, 9.17) is 0 Å². The van der Waals surface area contributed by atoms with Gasteiger partial charge in [0.25, 0.3) is 5.91 Å². The molecule has 0 aliphatic carbocycles. The molecule has 1 amide bonds. The molecule has 2 aromatic heterocycles. The van der Waals surface area contributed by atoms with E-state index in [1.807, 2.05) is 13.0 Å². The SMILES string of the molecule is Cc1ccncc1-c1cc(C(=O)Nc2ccccc2C(F)(F)F)nn1C. The Morgan fingerprint density at radius 2 is 1.92 bits per heavy atom.